The SMILES string of the molecule is COc1ccc(Br)c2ccc(=O)oc12. The molecule has 0 N–H and O–H groups in total. The fourth-order valence-electron chi connectivity index (χ4n) is 1.26. The second-order valence-corrected chi connectivity index (χ2v) is 3.60. The molecule has 0 aliphatic heterocycles. The van der Waals surface area contributed by atoms with Crippen molar-refractivity contribution in [3.8, 4) is 5.75 Å². The van der Waals surface area contributed by atoms with E-state index in [4.69, 9.17) is 9.15 Å². The van der Waals surface area contributed by atoms with E-state index in [1.807, 2.05) is 6.07 Å². The average molecular weight is 255 g/mol. The van der Waals surface area contributed by atoms with Gasteiger partial charge in [0.2, 0.25) is 0 Å². The molecule has 0 spiro atoms. The standard InChI is InChI=1S/C10H7BrO3/c1-13-8-4-3-7(11)6-2-5-9(12)14-10(6)8/h2-5H,1H3. The lowest BCUT2D eigenvalue weighted by molar-refractivity contribution is 0.406. The van der Waals surface area contributed by atoms with Crippen LogP contribution < -0.4 is 10.4 Å². The molecule has 0 aliphatic carbocycles. The average Bonchev–Trinajstić information content (AvgIpc) is 2.18. The van der Waals surface area contributed by atoms with E-state index in [1.165, 1.54) is 13.2 Å². The predicted octanol–water partition coefficient (Wildman–Crippen LogP) is 2.56. The molecule has 0 amide bonds. The van der Waals surface area contributed by atoms with Gasteiger partial charge >= 0.3 is 5.63 Å². The van der Waals surface area contributed by atoms with Gasteiger partial charge in [-0.15, -0.1) is 0 Å². The fourth-order valence-corrected chi connectivity index (χ4v) is 1.71. The number of ether oxygens (including phenoxy) is 1. The molecule has 2 rings (SSSR count). The molecule has 0 unspecified atom stereocenters. The Bertz CT molecular complexity index is 530. The molecule has 3 nitrogen and oxygen atoms in total. The number of hydrogen-bond acceptors (Lipinski definition) is 3. The van der Waals surface area contributed by atoms with Crippen LogP contribution in [0.4, 0.5) is 0 Å². The zero-order valence-corrected chi connectivity index (χ0v) is 9.00. The van der Waals surface area contributed by atoms with Crippen molar-refractivity contribution in [2.45, 2.75) is 0 Å². The lowest BCUT2D eigenvalue weighted by Gasteiger charge is -2.04. The fraction of sp³-hybridized carbons (Fsp3) is 0.100. The van der Waals surface area contributed by atoms with Gasteiger partial charge < -0.3 is 9.15 Å². The Morgan fingerprint density at radius 1 is 1.29 bits per heavy atom. The van der Waals surface area contributed by atoms with Crippen molar-refractivity contribution in [2.24, 2.45) is 0 Å². The molecule has 0 saturated heterocycles. The minimum Gasteiger partial charge on any atom is -0.493 e. The van der Waals surface area contributed by atoms with Crippen LogP contribution in [-0.4, -0.2) is 7.11 Å². The highest BCUT2D eigenvalue weighted by atomic mass is 79.9. The highest BCUT2D eigenvalue weighted by Gasteiger charge is 2.07. The van der Waals surface area contributed by atoms with Gasteiger partial charge in [0, 0.05) is 15.9 Å². The Kier molecular flexibility index (Phi) is 2.29. The molecule has 1 aromatic heterocycles. The van der Waals surface area contributed by atoms with Gasteiger partial charge in [0.1, 0.15) is 0 Å². The van der Waals surface area contributed by atoms with Crippen LogP contribution in [0.15, 0.2) is 37.9 Å². The van der Waals surface area contributed by atoms with E-state index < -0.39 is 0 Å². The molecule has 0 aliphatic rings. The Hall–Kier alpha value is -1.29. The van der Waals surface area contributed by atoms with E-state index in [0.29, 0.717) is 11.3 Å². The molecule has 0 bridgehead atoms. The quantitative estimate of drug-likeness (QED) is 0.735. The molecule has 0 atom stereocenters. The maximum absolute atomic E-state index is 11.0. The van der Waals surface area contributed by atoms with Gasteiger partial charge in [-0.1, -0.05) is 15.9 Å². The number of fused-ring (bicyclic) bond motifs is 1. The van der Waals surface area contributed by atoms with Crippen molar-refractivity contribution < 1.29 is 9.15 Å². The molecule has 0 fully saturated rings. The van der Waals surface area contributed by atoms with Crippen LogP contribution in [-0.2, 0) is 0 Å². The van der Waals surface area contributed by atoms with Gasteiger partial charge in [-0.3, -0.25) is 0 Å². The number of hydrogen-bond donors (Lipinski definition) is 0. The summed E-state index contributed by atoms with van der Waals surface area (Å²) in [6.07, 6.45) is 0. The molecule has 72 valence electrons. The smallest absolute Gasteiger partial charge is 0.336 e. The van der Waals surface area contributed by atoms with Crippen molar-refractivity contribution >= 4 is 26.9 Å². The van der Waals surface area contributed by atoms with Crippen LogP contribution in [0.5, 0.6) is 5.75 Å². The molecule has 2 aromatic rings. The molecule has 14 heavy (non-hydrogen) atoms. The van der Waals surface area contributed by atoms with Crippen LogP contribution in [0.3, 0.4) is 0 Å². The first-order valence-corrected chi connectivity index (χ1v) is 4.78. The summed E-state index contributed by atoms with van der Waals surface area (Å²) in [6, 6.07) is 6.68. The third-order valence-electron chi connectivity index (χ3n) is 1.92. The minimum atomic E-state index is -0.381. The Balaban J connectivity index is 2.92. The van der Waals surface area contributed by atoms with Crippen LogP contribution in [0.25, 0.3) is 11.0 Å². The highest BCUT2D eigenvalue weighted by molar-refractivity contribution is 9.10. The molecule has 1 heterocycles. The lowest BCUT2D eigenvalue weighted by atomic mass is 10.2. The van der Waals surface area contributed by atoms with Crippen LogP contribution >= 0.6 is 15.9 Å². The summed E-state index contributed by atoms with van der Waals surface area (Å²) in [6.45, 7) is 0. The largest absolute Gasteiger partial charge is 0.493 e. The van der Waals surface area contributed by atoms with Gasteiger partial charge in [-0.2, -0.15) is 0 Å². The van der Waals surface area contributed by atoms with Crippen LogP contribution in [0, 0.1) is 0 Å². The molecule has 1 aromatic carbocycles. The summed E-state index contributed by atoms with van der Waals surface area (Å²) < 4.78 is 11.0. The summed E-state index contributed by atoms with van der Waals surface area (Å²) in [5.74, 6) is 0.556. The van der Waals surface area contributed by atoms with Crippen molar-refractivity contribution in [3.05, 3.63) is 39.2 Å². The second-order valence-electron chi connectivity index (χ2n) is 2.75. The molecule has 0 saturated carbocycles. The number of halogens is 1. The first kappa shape index (κ1) is 9.27. The summed E-state index contributed by atoms with van der Waals surface area (Å²) in [5.41, 5.74) is 0.0864. The van der Waals surface area contributed by atoms with E-state index in [1.54, 1.807) is 12.1 Å². The third kappa shape index (κ3) is 1.42. The maximum atomic E-state index is 11.0. The van der Waals surface area contributed by atoms with Crippen LogP contribution in [0.1, 0.15) is 0 Å². The summed E-state index contributed by atoms with van der Waals surface area (Å²) >= 11 is 3.37. The van der Waals surface area contributed by atoms with E-state index in [2.05, 4.69) is 15.9 Å². The van der Waals surface area contributed by atoms with Crippen LogP contribution in [0.2, 0.25) is 0 Å². The normalized spacial score (nSPS) is 10.4. The zero-order chi connectivity index (χ0) is 10.1. The van der Waals surface area contributed by atoms with E-state index >= 15 is 0 Å². The van der Waals surface area contributed by atoms with Gasteiger partial charge in [-0.05, 0) is 18.2 Å². The molecular weight excluding hydrogens is 248 g/mol. The minimum absolute atomic E-state index is 0.381. The zero-order valence-electron chi connectivity index (χ0n) is 7.41. The second kappa shape index (κ2) is 3.46. The van der Waals surface area contributed by atoms with Crippen molar-refractivity contribution in [3.63, 3.8) is 0 Å². The van der Waals surface area contributed by atoms with E-state index in [0.717, 1.165) is 9.86 Å². The third-order valence-corrected chi connectivity index (χ3v) is 2.61. The first-order valence-electron chi connectivity index (χ1n) is 3.99. The van der Waals surface area contributed by atoms with Gasteiger partial charge in [0.25, 0.3) is 0 Å². The van der Waals surface area contributed by atoms with Crippen molar-refractivity contribution in [2.75, 3.05) is 7.11 Å². The monoisotopic (exact) mass is 254 g/mol. The molecule has 4 heteroatoms. The van der Waals surface area contributed by atoms with Crippen molar-refractivity contribution in [1.29, 1.82) is 0 Å². The summed E-state index contributed by atoms with van der Waals surface area (Å²) in [4.78, 5) is 11.0. The highest BCUT2D eigenvalue weighted by Crippen LogP contribution is 2.30. The number of methoxy groups -OCH3 is 1. The van der Waals surface area contributed by atoms with Gasteiger partial charge in [0.05, 0.1) is 7.11 Å². The van der Waals surface area contributed by atoms with Gasteiger partial charge in [0.15, 0.2) is 11.3 Å². The lowest BCUT2D eigenvalue weighted by Crippen LogP contribution is -1.96. The van der Waals surface area contributed by atoms with Gasteiger partial charge in [-0.25, -0.2) is 4.79 Å². The summed E-state index contributed by atoms with van der Waals surface area (Å²) in [7, 11) is 1.54. The first-order chi connectivity index (χ1) is 6.72. The summed E-state index contributed by atoms with van der Waals surface area (Å²) in [5, 5.41) is 0.823. The maximum Gasteiger partial charge on any atom is 0.336 e. The van der Waals surface area contributed by atoms with E-state index in [9.17, 15) is 4.79 Å². The predicted molar refractivity (Wildman–Crippen MR) is 56.7 cm³/mol. The Labute approximate surface area is 88.4 Å². The number of benzene rings is 1. The Morgan fingerprint density at radius 3 is 2.79 bits per heavy atom. The molecular formula is C10H7BrO3. The topological polar surface area (TPSA) is 39.4 Å². The van der Waals surface area contributed by atoms with E-state index in [-0.39, 0.29) is 5.63 Å². The Morgan fingerprint density at radius 2 is 2.07 bits per heavy atom. The molecule has 0 radical (unpaired) electrons. The number of rotatable bonds is 1. The van der Waals surface area contributed by atoms with Crippen molar-refractivity contribution in [1.82, 2.24) is 0 Å².